The Bertz CT molecular complexity index is 543. The van der Waals surface area contributed by atoms with Crippen LogP contribution >= 0.6 is 11.3 Å². The van der Waals surface area contributed by atoms with Gasteiger partial charge in [-0.25, -0.2) is 4.98 Å². The Morgan fingerprint density at radius 1 is 1.47 bits per heavy atom. The summed E-state index contributed by atoms with van der Waals surface area (Å²) >= 11 is 1.51. The van der Waals surface area contributed by atoms with Gasteiger partial charge in [0.15, 0.2) is 17.4 Å². The lowest BCUT2D eigenvalue weighted by Gasteiger charge is -2.01. The predicted molar refractivity (Wildman–Crippen MR) is 66.1 cm³/mol. The molecular weight excluding hydrogens is 236 g/mol. The van der Waals surface area contributed by atoms with Crippen LogP contribution in [0.5, 0.6) is 0 Å². The molecule has 0 aromatic carbocycles. The summed E-state index contributed by atoms with van der Waals surface area (Å²) in [5, 5.41) is 8.06. The summed E-state index contributed by atoms with van der Waals surface area (Å²) in [7, 11) is 1.82. The van der Waals surface area contributed by atoms with Crippen molar-refractivity contribution in [3.8, 4) is 10.7 Å². The summed E-state index contributed by atoms with van der Waals surface area (Å²) in [6, 6.07) is 0. The average Bonchev–Trinajstić information content (AvgIpc) is 2.85. The van der Waals surface area contributed by atoms with Crippen LogP contribution in [0, 0.1) is 6.92 Å². The molecular formula is C11H14N4OS. The van der Waals surface area contributed by atoms with Crippen molar-refractivity contribution in [1.29, 1.82) is 0 Å². The van der Waals surface area contributed by atoms with Gasteiger partial charge in [0.1, 0.15) is 0 Å². The monoisotopic (exact) mass is 250 g/mol. The highest BCUT2D eigenvalue weighted by Crippen LogP contribution is 2.25. The molecule has 0 aliphatic carbocycles. The summed E-state index contributed by atoms with van der Waals surface area (Å²) in [6.07, 6.45) is 1.33. The Hall–Kier alpha value is -1.56. The van der Waals surface area contributed by atoms with E-state index in [0.29, 0.717) is 18.1 Å². The number of carbonyl (C=O) groups excluding carboxylic acids is 1. The van der Waals surface area contributed by atoms with Crippen molar-refractivity contribution in [3.05, 3.63) is 17.0 Å². The van der Waals surface area contributed by atoms with Crippen LogP contribution in [0.25, 0.3) is 10.7 Å². The lowest BCUT2D eigenvalue weighted by molar-refractivity contribution is 0.0968. The SMILES string of the molecule is CCCC(=O)c1nnc(-c2scnc2C)n1C. The van der Waals surface area contributed by atoms with Gasteiger partial charge in [-0.05, 0) is 13.3 Å². The molecule has 0 radical (unpaired) electrons. The van der Waals surface area contributed by atoms with Crippen LogP contribution in [0.15, 0.2) is 5.51 Å². The topological polar surface area (TPSA) is 60.7 Å². The molecule has 0 bridgehead atoms. The number of aromatic nitrogens is 4. The zero-order valence-corrected chi connectivity index (χ0v) is 10.9. The van der Waals surface area contributed by atoms with E-state index in [-0.39, 0.29) is 5.78 Å². The Kier molecular flexibility index (Phi) is 3.33. The summed E-state index contributed by atoms with van der Waals surface area (Å²) in [6.45, 7) is 3.90. The number of hydrogen-bond acceptors (Lipinski definition) is 5. The lowest BCUT2D eigenvalue weighted by Crippen LogP contribution is -2.07. The lowest BCUT2D eigenvalue weighted by atomic mass is 10.2. The third-order valence-corrected chi connectivity index (χ3v) is 3.47. The Labute approximate surface area is 104 Å². The van der Waals surface area contributed by atoms with Gasteiger partial charge in [-0.3, -0.25) is 4.79 Å². The molecule has 0 N–H and O–H groups in total. The first-order valence-electron chi connectivity index (χ1n) is 5.48. The smallest absolute Gasteiger partial charge is 0.200 e. The molecule has 17 heavy (non-hydrogen) atoms. The van der Waals surface area contributed by atoms with Gasteiger partial charge in [0.25, 0.3) is 0 Å². The second-order valence-electron chi connectivity index (χ2n) is 3.85. The number of carbonyl (C=O) groups is 1. The molecule has 0 atom stereocenters. The molecule has 2 rings (SSSR count). The summed E-state index contributed by atoms with van der Waals surface area (Å²) in [5.74, 6) is 1.18. The largest absolute Gasteiger partial charge is 0.307 e. The maximum Gasteiger partial charge on any atom is 0.200 e. The molecule has 0 amide bonds. The number of ketones is 1. The fourth-order valence-electron chi connectivity index (χ4n) is 1.63. The molecule has 0 aliphatic rings. The van der Waals surface area contributed by atoms with Crippen molar-refractivity contribution in [3.63, 3.8) is 0 Å². The van der Waals surface area contributed by atoms with E-state index in [1.807, 2.05) is 20.9 Å². The second-order valence-corrected chi connectivity index (χ2v) is 4.70. The summed E-state index contributed by atoms with van der Waals surface area (Å²) < 4.78 is 1.75. The molecule has 90 valence electrons. The van der Waals surface area contributed by atoms with E-state index in [1.54, 1.807) is 10.1 Å². The van der Waals surface area contributed by atoms with E-state index in [9.17, 15) is 4.79 Å². The molecule has 0 unspecified atom stereocenters. The predicted octanol–water partition coefficient (Wildman–Crippen LogP) is 2.23. The van der Waals surface area contributed by atoms with Crippen LogP contribution < -0.4 is 0 Å². The standard InChI is InChI=1S/C11H14N4OS/c1-4-5-8(16)10-13-14-11(15(10)3)9-7(2)12-6-17-9/h6H,4-5H2,1-3H3. The number of thiazole rings is 1. The maximum atomic E-state index is 11.8. The number of hydrogen-bond donors (Lipinski definition) is 0. The number of nitrogens with zero attached hydrogens (tertiary/aromatic N) is 4. The number of rotatable bonds is 4. The fourth-order valence-corrected chi connectivity index (χ4v) is 2.45. The highest BCUT2D eigenvalue weighted by Gasteiger charge is 2.18. The van der Waals surface area contributed by atoms with E-state index in [0.717, 1.165) is 17.0 Å². The van der Waals surface area contributed by atoms with E-state index >= 15 is 0 Å². The van der Waals surface area contributed by atoms with Gasteiger partial charge in [0, 0.05) is 13.5 Å². The Balaban J connectivity index is 2.40. The van der Waals surface area contributed by atoms with Gasteiger partial charge in [0.05, 0.1) is 16.1 Å². The van der Waals surface area contributed by atoms with E-state index in [2.05, 4.69) is 15.2 Å². The minimum atomic E-state index is 0.0379. The molecule has 0 saturated heterocycles. The van der Waals surface area contributed by atoms with Gasteiger partial charge in [-0.15, -0.1) is 21.5 Å². The van der Waals surface area contributed by atoms with Crippen molar-refractivity contribution in [1.82, 2.24) is 19.7 Å². The summed E-state index contributed by atoms with van der Waals surface area (Å²) in [5.41, 5.74) is 2.69. The van der Waals surface area contributed by atoms with Crippen molar-refractivity contribution in [2.24, 2.45) is 7.05 Å². The average molecular weight is 250 g/mol. The molecule has 0 fully saturated rings. The van der Waals surface area contributed by atoms with Crippen molar-refractivity contribution in [2.45, 2.75) is 26.7 Å². The van der Waals surface area contributed by atoms with Crippen LogP contribution in [0.4, 0.5) is 0 Å². The molecule has 2 heterocycles. The van der Waals surface area contributed by atoms with Crippen LogP contribution in [0.1, 0.15) is 36.1 Å². The molecule has 6 heteroatoms. The summed E-state index contributed by atoms with van der Waals surface area (Å²) in [4.78, 5) is 16.9. The normalized spacial score (nSPS) is 10.8. The van der Waals surface area contributed by atoms with Gasteiger partial charge >= 0.3 is 0 Å². The van der Waals surface area contributed by atoms with Gasteiger partial charge in [0.2, 0.25) is 0 Å². The molecule has 2 aromatic heterocycles. The van der Waals surface area contributed by atoms with Crippen LogP contribution in [-0.2, 0) is 7.05 Å². The van der Waals surface area contributed by atoms with E-state index in [4.69, 9.17) is 0 Å². The number of aryl methyl sites for hydroxylation is 1. The zero-order valence-electron chi connectivity index (χ0n) is 10.1. The molecule has 0 saturated carbocycles. The highest BCUT2D eigenvalue weighted by molar-refractivity contribution is 7.13. The van der Waals surface area contributed by atoms with Gasteiger partial charge in [-0.1, -0.05) is 6.92 Å². The second kappa shape index (κ2) is 4.75. The fraction of sp³-hybridized carbons (Fsp3) is 0.455. The minimum Gasteiger partial charge on any atom is -0.307 e. The third kappa shape index (κ3) is 2.12. The molecule has 0 spiro atoms. The van der Waals surface area contributed by atoms with Crippen molar-refractivity contribution in [2.75, 3.05) is 0 Å². The number of Topliss-reactive ketones (excluding diaryl/α,β-unsaturated/α-hetero) is 1. The first-order valence-corrected chi connectivity index (χ1v) is 6.36. The van der Waals surface area contributed by atoms with E-state index in [1.165, 1.54) is 11.3 Å². The van der Waals surface area contributed by atoms with Crippen LogP contribution in [0.2, 0.25) is 0 Å². The van der Waals surface area contributed by atoms with Crippen LogP contribution in [0.3, 0.4) is 0 Å². The third-order valence-electron chi connectivity index (χ3n) is 2.55. The van der Waals surface area contributed by atoms with Crippen molar-refractivity contribution < 1.29 is 4.79 Å². The minimum absolute atomic E-state index is 0.0379. The van der Waals surface area contributed by atoms with Gasteiger partial charge < -0.3 is 4.57 Å². The maximum absolute atomic E-state index is 11.8. The Morgan fingerprint density at radius 2 is 2.24 bits per heavy atom. The zero-order chi connectivity index (χ0) is 12.4. The van der Waals surface area contributed by atoms with Gasteiger partial charge in [-0.2, -0.15) is 0 Å². The molecule has 0 aliphatic heterocycles. The van der Waals surface area contributed by atoms with Crippen molar-refractivity contribution >= 4 is 17.1 Å². The highest BCUT2D eigenvalue weighted by atomic mass is 32.1. The van der Waals surface area contributed by atoms with Crippen LogP contribution in [-0.4, -0.2) is 25.5 Å². The molecule has 2 aromatic rings. The Morgan fingerprint density at radius 3 is 2.82 bits per heavy atom. The first kappa shape index (κ1) is 11.9. The molecule has 5 nitrogen and oxygen atoms in total. The first-order chi connectivity index (χ1) is 8.15. The van der Waals surface area contributed by atoms with E-state index < -0.39 is 0 Å². The quantitative estimate of drug-likeness (QED) is 0.781.